The lowest BCUT2D eigenvalue weighted by Crippen LogP contribution is -1.92. The average Bonchev–Trinajstić information content (AvgIpc) is 2.18. The van der Waals surface area contributed by atoms with Crippen molar-refractivity contribution in [3.63, 3.8) is 0 Å². The molecule has 0 bridgehead atoms. The predicted octanol–water partition coefficient (Wildman–Crippen LogP) is 3.00. The van der Waals surface area contributed by atoms with E-state index in [1.165, 1.54) is 0 Å². The van der Waals surface area contributed by atoms with Gasteiger partial charge in [-0.2, -0.15) is 0 Å². The minimum Gasteiger partial charge on any atom is -0.496 e. The third-order valence-electron chi connectivity index (χ3n) is 2.36. The van der Waals surface area contributed by atoms with Crippen LogP contribution in [-0.2, 0) is 4.79 Å². The van der Waals surface area contributed by atoms with Crippen LogP contribution in [0.5, 0.6) is 5.75 Å². The summed E-state index contributed by atoms with van der Waals surface area (Å²) in [5.74, 6) is 0.969. The first-order valence-electron chi connectivity index (χ1n) is 4.88. The highest BCUT2D eigenvalue weighted by molar-refractivity contribution is 5.97. The third-order valence-corrected chi connectivity index (χ3v) is 2.36. The van der Waals surface area contributed by atoms with Gasteiger partial charge in [-0.15, -0.1) is 0 Å². The van der Waals surface area contributed by atoms with Gasteiger partial charge in [0.15, 0.2) is 5.78 Å². The molecule has 15 heavy (non-hydrogen) atoms. The van der Waals surface area contributed by atoms with Gasteiger partial charge in [0.2, 0.25) is 0 Å². The minimum atomic E-state index is 0.100. The SMILES string of the molecule is COc1ccc(/C=C(/C)C(C)=O)cc1C. The molecule has 2 nitrogen and oxygen atoms in total. The zero-order valence-corrected chi connectivity index (χ0v) is 9.63. The van der Waals surface area contributed by atoms with Crippen molar-refractivity contribution in [2.75, 3.05) is 7.11 Å². The number of benzene rings is 1. The number of ether oxygens (including phenoxy) is 1. The third kappa shape index (κ3) is 2.94. The fourth-order valence-electron chi connectivity index (χ4n) is 1.34. The van der Waals surface area contributed by atoms with Crippen LogP contribution in [0.25, 0.3) is 6.08 Å². The molecule has 2 heteroatoms. The van der Waals surface area contributed by atoms with Crippen LogP contribution in [0, 0.1) is 6.92 Å². The lowest BCUT2D eigenvalue weighted by molar-refractivity contribution is -0.113. The van der Waals surface area contributed by atoms with Crippen LogP contribution in [0.3, 0.4) is 0 Å². The molecule has 1 rings (SSSR count). The van der Waals surface area contributed by atoms with Gasteiger partial charge in [-0.3, -0.25) is 4.79 Å². The Hall–Kier alpha value is -1.57. The molecular weight excluding hydrogens is 188 g/mol. The van der Waals surface area contributed by atoms with E-state index in [-0.39, 0.29) is 5.78 Å². The first-order chi connectivity index (χ1) is 7.04. The molecule has 1 aromatic rings. The summed E-state index contributed by atoms with van der Waals surface area (Å²) in [7, 11) is 1.65. The van der Waals surface area contributed by atoms with E-state index in [0.717, 1.165) is 22.4 Å². The van der Waals surface area contributed by atoms with Crippen LogP contribution >= 0.6 is 0 Å². The summed E-state index contributed by atoms with van der Waals surface area (Å²) in [6.45, 7) is 5.38. The highest BCUT2D eigenvalue weighted by Crippen LogP contribution is 2.20. The Labute approximate surface area is 90.6 Å². The summed E-state index contributed by atoms with van der Waals surface area (Å²) < 4.78 is 5.16. The highest BCUT2D eigenvalue weighted by Gasteiger charge is 2.00. The van der Waals surface area contributed by atoms with Crippen molar-refractivity contribution < 1.29 is 9.53 Å². The summed E-state index contributed by atoms with van der Waals surface area (Å²) in [4.78, 5) is 11.1. The van der Waals surface area contributed by atoms with Crippen LogP contribution in [0.2, 0.25) is 0 Å². The van der Waals surface area contributed by atoms with Crippen molar-refractivity contribution in [2.24, 2.45) is 0 Å². The molecule has 0 atom stereocenters. The second kappa shape index (κ2) is 4.78. The highest BCUT2D eigenvalue weighted by atomic mass is 16.5. The summed E-state index contributed by atoms with van der Waals surface area (Å²) in [5.41, 5.74) is 2.86. The van der Waals surface area contributed by atoms with E-state index in [1.807, 2.05) is 38.1 Å². The quantitative estimate of drug-likeness (QED) is 0.707. The monoisotopic (exact) mass is 204 g/mol. The molecule has 0 saturated heterocycles. The number of allylic oxidation sites excluding steroid dienone is 1. The van der Waals surface area contributed by atoms with Crippen molar-refractivity contribution in [3.8, 4) is 5.75 Å². The number of carbonyl (C=O) groups excluding carboxylic acids is 1. The molecule has 0 spiro atoms. The predicted molar refractivity (Wildman–Crippen MR) is 62.1 cm³/mol. The maximum Gasteiger partial charge on any atom is 0.155 e. The molecule has 1 aromatic carbocycles. The molecule has 0 radical (unpaired) electrons. The normalized spacial score (nSPS) is 11.3. The molecule has 80 valence electrons. The Morgan fingerprint density at radius 1 is 1.33 bits per heavy atom. The van der Waals surface area contributed by atoms with Gasteiger partial charge < -0.3 is 4.74 Å². The van der Waals surface area contributed by atoms with E-state index in [2.05, 4.69) is 0 Å². The van der Waals surface area contributed by atoms with Crippen molar-refractivity contribution in [1.82, 2.24) is 0 Å². The number of hydrogen-bond donors (Lipinski definition) is 0. The van der Waals surface area contributed by atoms with E-state index in [1.54, 1.807) is 14.0 Å². The van der Waals surface area contributed by atoms with Gasteiger partial charge in [-0.1, -0.05) is 6.07 Å². The molecule has 0 N–H and O–H groups in total. The molecule has 0 aliphatic carbocycles. The van der Waals surface area contributed by atoms with Gasteiger partial charge in [0.1, 0.15) is 5.75 Å². The van der Waals surface area contributed by atoms with Crippen molar-refractivity contribution in [3.05, 3.63) is 34.9 Å². The standard InChI is InChI=1S/C13H16O2/c1-9(11(3)14)7-12-5-6-13(15-4)10(2)8-12/h5-8H,1-4H3/b9-7-. The topological polar surface area (TPSA) is 26.3 Å². The number of Topliss-reactive ketones (excluding diaryl/α,β-unsaturated/α-hetero) is 1. The van der Waals surface area contributed by atoms with Gasteiger partial charge >= 0.3 is 0 Å². The Morgan fingerprint density at radius 2 is 2.00 bits per heavy atom. The van der Waals surface area contributed by atoms with Gasteiger partial charge in [0.25, 0.3) is 0 Å². The fraction of sp³-hybridized carbons (Fsp3) is 0.308. The van der Waals surface area contributed by atoms with E-state index >= 15 is 0 Å². The summed E-state index contributed by atoms with van der Waals surface area (Å²) in [6, 6.07) is 5.86. The maximum absolute atomic E-state index is 11.1. The molecule has 0 aliphatic rings. The molecule has 0 amide bonds. The van der Waals surface area contributed by atoms with Gasteiger partial charge in [-0.25, -0.2) is 0 Å². The molecule has 0 saturated carbocycles. The van der Waals surface area contributed by atoms with Gasteiger partial charge in [0.05, 0.1) is 7.11 Å². The van der Waals surface area contributed by atoms with Crippen molar-refractivity contribution >= 4 is 11.9 Å². The van der Waals surface area contributed by atoms with Crippen LogP contribution < -0.4 is 4.74 Å². The van der Waals surface area contributed by atoms with Crippen LogP contribution in [0.4, 0.5) is 0 Å². The van der Waals surface area contributed by atoms with Crippen LogP contribution in [0.15, 0.2) is 23.8 Å². The van der Waals surface area contributed by atoms with E-state index in [4.69, 9.17) is 4.74 Å². The Morgan fingerprint density at radius 3 is 2.47 bits per heavy atom. The van der Waals surface area contributed by atoms with E-state index in [0.29, 0.717) is 0 Å². The van der Waals surface area contributed by atoms with Gasteiger partial charge in [-0.05, 0) is 55.7 Å². The minimum absolute atomic E-state index is 0.100. The molecule has 0 aromatic heterocycles. The maximum atomic E-state index is 11.1. The molecule has 0 heterocycles. The zero-order valence-electron chi connectivity index (χ0n) is 9.63. The zero-order chi connectivity index (χ0) is 11.4. The van der Waals surface area contributed by atoms with Crippen LogP contribution in [0.1, 0.15) is 25.0 Å². The van der Waals surface area contributed by atoms with Crippen molar-refractivity contribution in [2.45, 2.75) is 20.8 Å². The second-order valence-electron chi connectivity index (χ2n) is 3.61. The fourth-order valence-corrected chi connectivity index (χ4v) is 1.34. The summed E-state index contributed by atoms with van der Waals surface area (Å²) in [6.07, 6.45) is 1.88. The second-order valence-corrected chi connectivity index (χ2v) is 3.61. The summed E-state index contributed by atoms with van der Waals surface area (Å²) in [5, 5.41) is 0. The summed E-state index contributed by atoms with van der Waals surface area (Å²) >= 11 is 0. The number of ketones is 1. The van der Waals surface area contributed by atoms with Crippen molar-refractivity contribution in [1.29, 1.82) is 0 Å². The number of rotatable bonds is 3. The molecular formula is C13H16O2. The lowest BCUT2D eigenvalue weighted by Gasteiger charge is -2.05. The number of hydrogen-bond acceptors (Lipinski definition) is 2. The van der Waals surface area contributed by atoms with Gasteiger partial charge in [0, 0.05) is 0 Å². The Balaban J connectivity index is 3.03. The molecule has 0 aliphatic heterocycles. The first kappa shape index (κ1) is 11.5. The number of methoxy groups -OCH3 is 1. The first-order valence-corrected chi connectivity index (χ1v) is 4.88. The van der Waals surface area contributed by atoms with E-state index < -0.39 is 0 Å². The van der Waals surface area contributed by atoms with E-state index in [9.17, 15) is 4.79 Å². The molecule has 0 fully saturated rings. The van der Waals surface area contributed by atoms with Crippen LogP contribution in [-0.4, -0.2) is 12.9 Å². The lowest BCUT2D eigenvalue weighted by atomic mass is 10.1. The number of aryl methyl sites for hydroxylation is 1. The Bertz CT molecular complexity index is 403. The molecule has 0 unspecified atom stereocenters. The number of carbonyl (C=O) groups is 1. The largest absolute Gasteiger partial charge is 0.496 e. The smallest absolute Gasteiger partial charge is 0.155 e. The Kier molecular flexibility index (Phi) is 3.67. The average molecular weight is 204 g/mol.